The third-order valence-electron chi connectivity index (χ3n) is 3.03. The van der Waals surface area contributed by atoms with Crippen LogP contribution >= 0.6 is 0 Å². The highest BCUT2D eigenvalue weighted by molar-refractivity contribution is 7.93. The summed E-state index contributed by atoms with van der Waals surface area (Å²) < 4.78 is 26.1. The summed E-state index contributed by atoms with van der Waals surface area (Å²) in [5, 5.41) is 0. The summed E-state index contributed by atoms with van der Waals surface area (Å²) in [6, 6.07) is -0.539. The van der Waals surface area contributed by atoms with Gasteiger partial charge in [0.1, 0.15) is 11.2 Å². The van der Waals surface area contributed by atoms with Gasteiger partial charge in [0.15, 0.2) is 0 Å². The Hall–Kier alpha value is -1.42. The molecule has 0 aromatic rings. The third-order valence-corrected chi connectivity index (χ3v) is 4.91. The third kappa shape index (κ3) is 2.53. The number of allylic oxidation sites excluding steroid dienone is 4. The Kier molecular flexibility index (Phi) is 3.97. The molecule has 0 radical (unpaired) electrons. The van der Waals surface area contributed by atoms with Crippen molar-refractivity contribution in [2.24, 2.45) is 0 Å². The topological polar surface area (TPSA) is 54.5 Å². The van der Waals surface area contributed by atoms with E-state index in [1.54, 1.807) is 24.3 Å². The quantitative estimate of drug-likeness (QED) is 0.574. The van der Waals surface area contributed by atoms with Crippen LogP contribution in [-0.2, 0) is 14.8 Å². The Morgan fingerprint density at radius 3 is 2.89 bits per heavy atom. The molecule has 1 fully saturated rings. The second kappa shape index (κ2) is 5.48. The van der Waals surface area contributed by atoms with E-state index < -0.39 is 16.1 Å². The number of hydrogen-bond donors (Lipinski definition) is 0. The minimum Gasteiger partial charge on any atom is -0.302 e. The number of rotatable bonds is 3. The predicted molar refractivity (Wildman–Crippen MR) is 69.2 cm³/mol. The second-order valence-corrected chi connectivity index (χ2v) is 6.09. The smallest absolute Gasteiger partial charge is 0.251 e. The van der Waals surface area contributed by atoms with Gasteiger partial charge in [-0.05, 0) is 25.0 Å². The van der Waals surface area contributed by atoms with Gasteiger partial charge in [0.2, 0.25) is 0 Å². The summed E-state index contributed by atoms with van der Waals surface area (Å²) in [5.41, 5.74) is 2.74. The van der Waals surface area contributed by atoms with Crippen molar-refractivity contribution in [3.63, 3.8) is 0 Å². The van der Waals surface area contributed by atoms with Crippen LogP contribution in [0.25, 0.3) is 0 Å². The number of piperidine rings is 1. The Bertz CT molecular complexity index is 551. The fourth-order valence-electron chi connectivity index (χ4n) is 2.09. The lowest BCUT2D eigenvalue weighted by Crippen LogP contribution is -2.44. The summed E-state index contributed by atoms with van der Waals surface area (Å²) in [7, 11) is -3.62. The highest BCUT2D eigenvalue weighted by atomic mass is 32.2. The first kappa shape index (κ1) is 13.0. The van der Waals surface area contributed by atoms with Gasteiger partial charge in [-0.25, -0.2) is 8.42 Å². The summed E-state index contributed by atoms with van der Waals surface area (Å²) in [6.07, 6.45) is 11.2. The highest BCUT2D eigenvalue weighted by Crippen LogP contribution is 2.24. The zero-order valence-electron chi connectivity index (χ0n) is 9.95. The Morgan fingerprint density at radius 2 is 2.11 bits per heavy atom. The SMILES string of the molecule is O=C[C@@H]1CCCCN1S(=O)(=O)C1=C=CC=CC=C1. The molecular weight excluding hydrogens is 250 g/mol. The van der Waals surface area contributed by atoms with Crippen molar-refractivity contribution in [3.05, 3.63) is 41.0 Å². The first-order chi connectivity index (χ1) is 8.66. The lowest BCUT2D eigenvalue weighted by Gasteiger charge is -2.31. The summed E-state index contributed by atoms with van der Waals surface area (Å²) >= 11 is 0. The lowest BCUT2D eigenvalue weighted by molar-refractivity contribution is -0.111. The number of aldehydes is 1. The van der Waals surface area contributed by atoms with Gasteiger partial charge in [-0.2, -0.15) is 4.31 Å². The minimum absolute atomic E-state index is 0.112. The average Bonchev–Trinajstić information content (AvgIpc) is 2.68. The second-order valence-electron chi connectivity index (χ2n) is 4.23. The molecule has 5 heteroatoms. The van der Waals surface area contributed by atoms with Crippen molar-refractivity contribution in [3.8, 4) is 0 Å². The van der Waals surface area contributed by atoms with Crippen molar-refractivity contribution in [2.45, 2.75) is 25.3 Å². The van der Waals surface area contributed by atoms with E-state index in [-0.39, 0.29) is 4.91 Å². The van der Waals surface area contributed by atoms with Gasteiger partial charge in [0.05, 0.1) is 6.04 Å². The molecule has 1 saturated heterocycles. The van der Waals surface area contributed by atoms with Crippen LogP contribution < -0.4 is 0 Å². The van der Waals surface area contributed by atoms with Crippen LogP contribution in [0, 0.1) is 0 Å². The molecule has 2 aliphatic rings. The molecule has 1 atom stereocenters. The van der Waals surface area contributed by atoms with Crippen LogP contribution in [-0.4, -0.2) is 31.6 Å². The Morgan fingerprint density at radius 1 is 1.28 bits per heavy atom. The van der Waals surface area contributed by atoms with Crippen molar-refractivity contribution in [1.29, 1.82) is 0 Å². The van der Waals surface area contributed by atoms with Crippen molar-refractivity contribution < 1.29 is 13.2 Å². The number of nitrogens with zero attached hydrogens (tertiary/aromatic N) is 1. The molecule has 1 aliphatic heterocycles. The van der Waals surface area contributed by atoms with Crippen LogP contribution in [0.15, 0.2) is 41.0 Å². The summed E-state index contributed by atoms with van der Waals surface area (Å²) in [6.45, 7) is 0.401. The molecule has 0 saturated carbocycles. The standard InChI is InChI=1S/C13H15NO3S/c15-11-12-7-5-6-10-14(12)18(16,17)13-8-3-1-2-4-9-13/h1-4,8,11-12H,5-7,10H2/t12-/m0/s1. The molecule has 4 nitrogen and oxygen atoms in total. The zero-order valence-corrected chi connectivity index (χ0v) is 10.8. The lowest BCUT2D eigenvalue weighted by atomic mass is 10.1. The van der Waals surface area contributed by atoms with Crippen LogP contribution in [0.4, 0.5) is 0 Å². The maximum Gasteiger partial charge on any atom is 0.251 e. The van der Waals surface area contributed by atoms with E-state index in [0.29, 0.717) is 13.0 Å². The number of hydrogen-bond acceptors (Lipinski definition) is 3. The van der Waals surface area contributed by atoms with Crippen molar-refractivity contribution in [1.82, 2.24) is 4.31 Å². The molecular formula is C13H15NO3S. The van der Waals surface area contributed by atoms with E-state index >= 15 is 0 Å². The molecule has 0 amide bonds. The minimum atomic E-state index is -3.62. The highest BCUT2D eigenvalue weighted by Gasteiger charge is 2.33. The van der Waals surface area contributed by atoms with Crippen LogP contribution in [0.1, 0.15) is 19.3 Å². The zero-order chi connectivity index (χ0) is 13.0. The number of carbonyl (C=O) groups is 1. The maximum atomic E-state index is 12.4. The van der Waals surface area contributed by atoms with Crippen molar-refractivity contribution in [2.75, 3.05) is 6.54 Å². The van der Waals surface area contributed by atoms with E-state index in [1.165, 1.54) is 10.4 Å². The molecule has 0 bridgehead atoms. The van der Waals surface area contributed by atoms with E-state index in [9.17, 15) is 13.2 Å². The maximum absolute atomic E-state index is 12.4. The van der Waals surface area contributed by atoms with Crippen LogP contribution in [0.2, 0.25) is 0 Å². The fraction of sp³-hybridized carbons (Fsp3) is 0.385. The summed E-state index contributed by atoms with van der Waals surface area (Å²) in [4.78, 5) is 11.1. The molecule has 0 aromatic heterocycles. The molecule has 96 valence electrons. The van der Waals surface area contributed by atoms with Gasteiger partial charge < -0.3 is 4.79 Å². The number of sulfonamides is 1. The first-order valence-electron chi connectivity index (χ1n) is 5.93. The normalized spacial score (nSPS) is 24.7. The molecule has 2 rings (SSSR count). The molecule has 0 aromatic carbocycles. The average molecular weight is 265 g/mol. The van der Waals surface area contributed by atoms with Crippen LogP contribution in [0.5, 0.6) is 0 Å². The molecule has 18 heavy (non-hydrogen) atoms. The molecule has 0 spiro atoms. The molecule has 0 unspecified atom stereocenters. The first-order valence-corrected chi connectivity index (χ1v) is 7.37. The van der Waals surface area contributed by atoms with Gasteiger partial charge in [-0.15, -0.1) is 0 Å². The van der Waals surface area contributed by atoms with E-state index in [4.69, 9.17) is 0 Å². The van der Waals surface area contributed by atoms with E-state index in [1.807, 2.05) is 0 Å². The Balaban J connectivity index is 2.36. The molecule has 0 N–H and O–H groups in total. The van der Waals surface area contributed by atoms with E-state index in [2.05, 4.69) is 5.73 Å². The fourth-order valence-corrected chi connectivity index (χ4v) is 3.69. The van der Waals surface area contributed by atoms with Crippen LogP contribution in [0.3, 0.4) is 0 Å². The monoisotopic (exact) mass is 265 g/mol. The number of carbonyl (C=O) groups excluding carboxylic acids is 1. The molecule has 1 aliphatic carbocycles. The van der Waals surface area contributed by atoms with Gasteiger partial charge in [-0.1, -0.05) is 30.4 Å². The largest absolute Gasteiger partial charge is 0.302 e. The van der Waals surface area contributed by atoms with Gasteiger partial charge in [0.25, 0.3) is 10.0 Å². The Labute approximate surface area is 107 Å². The molecule has 1 heterocycles. The van der Waals surface area contributed by atoms with Gasteiger partial charge >= 0.3 is 0 Å². The van der Waals surface area contributed by atoms with Crippen molar-refractivity contribution >= 4 is 16.3 Å². The van der Waals surface area contributed by atoms with E-state index in [0.717, 1.165) is 19.1 Å². The predicted octanol–water partition coefficient (Wildman–Crippen LogP) is 1.53. The van der Waals surface area contributed by atoms with Gasteiger partial charge in [-0.3, -0.25) is 0 Å². The summed E-state index contributed by atoms with van der Waals surface area (Å²) in [5.74, 6) is 0. The van der Waals surface area contributed by atoms with Gasteiger partial charge in [0, 0.05) is 6.54 Å².